The number of rotatable bonds is 3. The number of hydrogen-bond donors (Lipinski definition) is 0. The highest BCUT2D eigenvalue weighted by atomic mass is 19.3. The van der Waals surface area contributed by atoms with Gasteiger partial charge in [-0.3, -0.25) is 4.90 Å². The van der Waals surface area contributed by atoms with E-state index in [-0.39, 0.29) is 6.42 Å². The van der Waals surface area contributed by atoms with Crippen LogP contribution in [-0.2, 0) is 6.54 Å². The number of para-hydroxylation sites is 1. The average Bonchev–Trinajstić information content (AvgIpc) is 3.23. The molecule has 2 fully saturated rings. The molecule has 2 aliphatic heterocycles. The maximum atomic E-state index is 14.8. The Morgan fingerprint density at radius 2 is 1.79 bits per heavy atom. The van der Waals surface area contributed by atoms with E-state index >= 15 is 0 Å². The maximum Gasteiger partial charge on any atom is 0.257 e. The first-order valence-electron chi connectivity index (χ1n) is 8.51. The Bertz CT molecular complexity index is 674. The van der Waals surface area contributed by atoms with Gasteiger partial charge in [0.15, 0.2) is 0 Å². The van der Waals surface area contributed by atoms with Crippen molar-refractivity contribution in [2.24, 2.45) is 5.41 Å². The molecule has 0 N–H and O–H groups in total. The SMILES string of the molecule is FC1(F)CCN(Cc2ccco2)CC12CCN(c1ccccc1)C2. The summed E-state index contributed by atoms with van der Waals surface area (Å²) < 4.78 is 35.0. The molecule has 1 unspecified atom stereocenters. The van der Waals surface area contributed by atoms with E-state index in [9.17, 15) is 8.78 Å². The van der Waals surface area contributed by atoms with Crippen LogP contribution < -0.4 is 4.90 Å². The van der Waals surface area contributed by atoms with Crippen molar-refractivity contribution in [2.75, 3.05) is 31.1 Å². The fourth-order valence-corrected chi connectivity index (χ4v) is 4.10. The van der Waals surface area contributed by atoms with Crippen LogP contribution in [0.4, 0.5) is 14.5 Å². The summed E-state index contributed by atoms with van der Waals surface area (Å²) in [5.74, 6) is -1.77. The third-order valence-electron chi connectivity index (χ3n) is 5.48. The Morgan fingerprint density at radius 3 is 2.54 bits per heavy atom. The molecule has 4 rings (SSSR count). The molecule has 0 amide bonds. The third kappa shape index (κ3) is 2.71. The zero-order valence-electron chi connectivity index (χ0n) is 13.6. The van der Waals surface area contributed by atoms with Crippen LogP contribution in [0, 0.1) is 5.41 Å². The molecule has 0 radical (unpaired) electrons. The van der Waals surface area contributed by atoms with Crippen molar-refractivity contribution in [3.8, 4) is 0 Å². The number of nitrogens with zero attached hydrogens (tertiary/aromatic N) is 2. The molecular formula is C19H22F2N2O. The highest BCUT2D eigenvalue weighted by Gasteiger charge is 2.59. The molecule has 1 spiro atoms. The van der Waals surface area contributed by atoms with Crippen molar-refractivity contribution < 1.29 is 13.2 Å². The van der Waals surface area contributed by atoms with Gasteiger partial charge in [0.05, 0.1) is 18.2 Å². The van der Waals surface area contributed by atoms with E-state index in [4.69, 9.17) is 4.42 Å². The van der Waals surface area contributed by atoms with Crippen LogP contribution in [0.1, 0.15) is 18.6 Å². The number of hydrogen-bond acceptors (Lipinski definition) is 3. The Balaban J connectivity index is 1.53. The molecular weight excluding hydrogens is 310 g/mol. The number of piperidine rings is 1. The number of halogens is 2. The zero-order chi connectivity index (χ0) is 16.6. The maximum absolute atomic E-state index is 14.8. The first-order valence-corrected chi connectivity index (χ1v) is 8.51. The lowest BCUT2D eigenvalue weighted by molar-refractivity contribution is -0.159. The number of furan rings is 1. The van der Waals surface area contributed by atoms with Crippen LogP contribution in [0.5, 0.6) is 0 Å². The summed E-state index contributed by atoms with van der Waals surface area (Å²) in [5.41, 5.74) is 0.0709. The molecule has 24 heavy (non-hydrogen) atoms. The van der Waals surface area contributed by atoms with Crippen LogP contribution in [0.2, 0.25) is 0 Å². The van der Waals surface area contributed by atoms with Crippen LogP contribution in [0.15, 0.2) is 53.1 Å². The van der Waals surface area contributed by atoms with Gasteiger partial charge in [-0.1, -0.05) is 18.2 Å². The summed E-state index contributed by atoms with van der Waals surface area (Å²) in [7, 11) is 0. The average molecular weight is 332 g/mol. The fourth-order valence-electron chi connectivity index (χ4n) is 4.10. The van der Waals surface area contributed by atoms with E-state index in [1.807, 2.05) is 42.5 Å². The van der Waals surface area contributed by atoms with Gasteiger partial charge in [-0.05, 0) is 30.7 Å². The Morgan fingerprint density at radius 1 is 0.958 bits per heavy atom. The monoisotopic (exact) mass is 332 g/mol. The number of alkyl halides is 2. The van der Waals surface area contributed by atoms with Crippen LogP contribution in [0.3, 0.4) is 0 Å². The van der Waals surface area contributed by atoms with Gasteiger partial charge in [0.1, 0.15) is 5.76 Å². The van der Waals surface area contributed by atoms with Crippen molar-refractivity contribution in [3.05, 3.63) is 54.5 Å². The van der Waals surface area contributed by atoms with Crippen LogP contribution in [0.25, 0.3) is 0 Å². The summed E-state index contributed by atoms with van der Waals surface area (Å²) in [6, 6.07) is 13.6. The summed E-state index contributed by atoms with van der Waals surface area (Å²) >= 11 is 0. The molecule has 1 aromatic carbocycles. The molecule has 2 saturated heterocycles. The molecule has 0 aliphatic carbocycles. The molecule has 3 heterocycles. The van der Waals surface area contributed by atoms with Gasteiger partial charge in [-0.2, -0.15) is 0 Å². The lowest BCUT2D eigenvalue weighted by atomic mass is 9.75. The molecule has 5 heteroatoms. The number of likely N-dealkylation sites (tertiary alicyclic amines) is 1. The summed E-state index contributed by atoms with van der Waals surface area (Å²) in [6.45, 7) is 2.55. The van der Waals surface area contributed by atoms with Crippen molar-refractivity contribution in [1.82, 2.24) is 4.90 Å². The van der Waals surface area contributed by atoms with Gasteiger partial charge >= 0.3 is 0 Å². The van der Waals surface area contributed by atoms with E-state index in [2.05, 4.69) is 9.80 Å². The smallest absolute Gasteiger partial charge is 0.257 e. The predicted octanol–water partition coefficient (Wildman–Crippen LogP) is 4.02. The lowest BCUT2D eigenvalue weighted by Crippen LogP contribution is -2.56. The van der Waals surface area contributed by atoms with E-state index in [0.29, 0.717) is 39.1 Å². The van der Waals surface area contributed by atoms with E-state index < -0.39 is 11.3 Å². The fraction of sp³-hybridized carbons (Fsp3) is 0.474. The van der Waals surface area contributed by atoms with Crippen molar-refractivity contribution in [1.29, 1.82) is 0 Å². The molecule has 2 aromatic rings. The summed E-state index contributed by atoms with van der Waals surface area (Å²) in [4.78, 5) is 4.22. The van der Waals surface area contributed by atoms with Gasteiger partial charge in [0.2, 0.25) is 0 Å². The molecule has 3 nitrogen and oxygen atoms in total. The second kappa shape index (κ2) is 5.88. The van der Waals surface area contributed by atoms with Crippen molar-refractivity contribution in [3.63, 3.8) is 0 Å². The van der Waals surface area contributed by atoms with E-state index in [1.54, 1.807) is 6.26 Å². The molecule has 1 atom stereocenters. The summed E-state index contributed by atoms with van der Waals surface area (Å²) in [6.07, 6.45) is 2.09. The number of benzene rings is 1. The Hall–Kier alpha value is -1.88. The first kappa shape index (κ1) is 15.6. The predicted molar refractivity (Wildman–Crippen MR) is 89.3 cm³/mol. The summed E-state index contributed by atoms with van der Waals surface area (Å²) in [5, 5.41) is 0. The first-order chi connectivity index (χ1) is 11.6. The largest absolute Gasteiger partial charge is 0.468 e. The highest BCUT2D eigenvalue weighted by Crippen LogP contribution is 2.50. The van der Waals surface area contributed by atoms with Gasteiger partial charge in [0, 0.05) is 38.3 Å². The van der Waals surface area contributed by atoms with E-state index in [0.717, 1.165) is 11.4 Å². The van der Waals surface area contributed by atoms with Gasteiger partial charge in [0.25, 0.3) is 5.92 Å². The minimum atomic E-state index is -2.61. The van der Waals surface area contributed by atoms with Gasteiger partial charge < -0.3 is 9.32 Å². The standard InChI is InChI=1S/C19H22F2N2O/c20-19(21)9-10-22(13-17-7-4-12-24-17)14-18(19)8-11-23(15-18)16-5-2-1-3-6-16/h1-7,12H,8-11,13-15H2. The molecule has 0 bridgehead atoms. The Kier molecular flexibility index (Phi) is 3.83. The van der Waals surface area contributed by atoms with Crippen molar-refractivity contribution in [2.45, 2.75) is 25.3 Å². The van der Waals surface area contributed by atoms with Crippen molar-refractivity contribution >= 4 is 5.69 Å². The van der Waals surface area contributed by atoms with Crippen LogP contribution >= 0.6 is 0 Å². The third-order valence-corrected chi connectivity index (χ3v) is 5.48. The topological polar surface area (TPSA) is 19.6 Å². The minimum absolute atomic E-state index is 0.0731. The minimum Gasteiger partial charge on any atom is -0.468 e. The van der Waals surface area contributed by atoms with Crippen LogP contribution in [-0.4, -0.2) is 37.0 Å². The van der Waals surface area contributed by atoms with Gasteiger partial charge in [-0.15, -0.1) is 0 Å². The second-order valence-electron chi connectivity index (χ2n) is 7.03. The van der Waals surface area contributed by atoms with Gasteiger partial charge in [-0.25, -0.2) is 8.78 Å². The molecule has 2 aliphatic rings. The molecule has 128 valence electrons. The molecule has 0 saturated carbocycles. The quantitative estimate of drug-likeness (QED) is 0.846. The second-order valence-corrected chi connectivity index (χ2v) is 7.03. The normalized spacial score (nSPS) is 27.0. The van der Waals surface area contributed by atoms with E-state index in [1.165, 1.54) is 0 Å². The number of anilines is 1. The lowest BCUT2D eigenvalue weighted by Gasteiger charge is -2.45. The molecule has 1 aromatic heterocycles. The Labute approximate surface area is 140 Å². The highest BCUT2D eigenvalue weighted by molar-refractivity contribution is 5.47. The zero-order valence-corrected chi connectivity index (χ0v) is 13.6.